The summed E-state index contributed by atoms with van der Waals surface area (Å²) in [6.07, 6.45) is 3.89. The Kier molecular flexibility index (Phi) is 4.84. The summed E-state index contributed by atoms with van der Waals surface area (Å²) < 4.78 is 2.00. The highest BCUT2D eigenvalue weighted by Crippen LogP contribution is 2.20. The highest BCUT2D eigenvalue weighted by atomic mass is 32.2. The van der Waals surface area contributed by atoms with Gasteiger partial charge in [0, 0.05) is 23.5 Å². The summed E-state index contributed by atoms with van der Waals surface area (Å²) in [6.45, 7) is 2.65. The lowest BCUT2D eigenvalue weighted by atomic mass is 10.3. The van der Waals surface area contributed by atoms with Gasteiger partial charge in [0.25, 0.3) is 0 Å². The Labute approximate surface area is 144 Å². The van der Waals surface area contributed by atoms with Crippen LogP contribution in [-0.2, 0) is 22.6 Å². The van der Waals surface area contributed by atoms with Gasteiger partial charge < -0.3 is 15.2 Å². The van der Waals surface area contributed by atoms with Crippen molar-refractivity contribution in [3.8, 4) is 0 Å². The minimum Gasteiger partial charge on any atom is -0.338 e. The Hall–Kier alpha value is -2.35. The third-order valence-corrected chi connectivity index (χ3v) is 4.63. The van der Waals surface area contributed by atoms with Crippen molar-refractivity contribution in [2.75, 3.05) is 11.6 Å². The van der Waals surface area contributed by atoms with E-state index in [-0.39, 0.29) is 6.04 Å². The van der Waals surface area contributed by atoms with Gasteiger partial charge in [-0.05, 0) is 37.8 Å². The summed E-state index contributed by atoms with van der Waals surface area (Å²) in [5.74, 6) is 0.242. The van der Waals surface area contributed by atoms with Crippen LogP contribution in [-0.4, -0.2) is 32.8 Å². The van der Waals surface area contributed by atoms with Gasteiger partial charge in [0.15, 0.2) is 5.82 Å². The van der Waals surface area contributed by atoms with E-state index in [1.807, 2.05) is 29.0 Å². The van der Waals surface area contributed by atoms with Gasteiger partial charge in [-0.3, -0.25) is 9.59 Å². The zero-order valence-corrected chi connectivity index (χ0v) is 14.4. The van der Waals surface area contributed by atoms with E-state index in [4.69, 9.17) is 0 Å². The molecular formula is C16H19N5O2S. The zero-order valence-electron chi connectivity index (χ0n) is 13.6. The smallest absolute Gasteiger partial charge is 0.313 e. The number of nitrogens with zero attached hydrogens (tertiary/aromatic N) is 3. The first-order valence-electron chi connectivity index (χ1n) is 7.76. The monoisotopic (exact) mass is 345 g/mol. The number of hydrogen-bond donors (Lipinski definition) is 2. The van der Waals surface area contributed by atoms with E-state index in [9.17, 15) is 9.59 Å². The first kappa shape index (κ1) is 16.5. The molecule has 2 aromatic rings. The van der Waals surface area contributed by atoms with Crippen molar-refractivity contribution < 1.29 is 9.59 Å². The van der Waals surface area contributed by atoms with E-state index < -0.39 is 11.8 Å². The highest BCUT2D eigenvalue weighted by molar-refractivity contribution is 7.98. The molecule has 2 heterocycles. The van der Waals surface area contributed by atoms with Gasteiger partial charge in [-0.2, -0.15) is 0 Å². The summed E-state index contributed by atoms with van der Waals surface area (Å²) in [7, 11) is 0. The number of rotatable bonds is 4. The SMILES string of the molecule is CSc1cccc(NC(=O)C(=O)N[C@@H](C)c2nnc3n2CCC3)c1. The maximum absolute atomic E-state index is 12.1. The molecule has 2 N–H and O–H groups in total. The van der Waals surface area contributed by atoms with Crippen LogP contribution in [0.4, 0.5) is 5.69 Å². The lowest BCUT2D eigenvalue weighted by Crippen LogP contribution is -2.37. The van der Waals surface area contributed by atoms with Crippen molar-refractivity contribution >= 4 is 29.3 Å². The van der Waals surface area contributed by atoms with Crippen molar-refractivity contribution in [1.82, 2.24) is 20.1 Å². The summed E-state index contributed by atoms with van der Waals surface area (Å²) in [5, 5.41) is 13.5. The van der Waals surface area contributed by atoms with Crippen molar-refractivity contribution in [2.24, 2.45) is 0 Å². The predicted octanol–water partition coefficient (Wildman–Crippen LogP) is 1.76. The number of aryl methyl sites for hydroxylation is 1. The number of anilines is 1. The van der Waals surface area contributed by atoms with Crippen molar-refractivity contribution in [3.05, 3.63) is 35.9 Å². The van der Waals surface area contributed by atoms with Crippen LogP contribution in [0.5, 0.6) is 0 Å². The average molecular weight is 345 g/mol. The number of thioether (sulfide) groups is 1. The second-order valence-corrected chi connectivity index (χ2v) is 6.49. The number of carbonyl (C=O) groups excluding carboxylic acids is 2. The summed E-state index contributed by atoms with van der Waals surface area (Å²) >= 11 is 1.57. The molecule has 0 radical (unpaired) electrons. The van der Waals surface area contributed by atoms with E-state index in [1.54, 1.807) is 24.8 Å². The van der Waals surface area contributed by atoms with Crippen LogP contribution in [0.15, 0.2) is 29.2 Å². The van der Waals surface area contributed by atoms with Gasteiger partial charge in [0.2, 0.25) is 0 Å². The Morgan fingerprint density at radius 1 is 1.29 bits per heavy atom. The van der Waals surface area contributed by atoms with Crippen molar-refractivity contribution in [2.45, 2.75) is 37.2 Å². The molecule has 24 heavy (non-hydrogen) atoms. The van der Waals surface area contributed by atoms with Gasteiger partial charge in [-0.1, -0.05) is 6.07 Å². The molecule has 1 aromatic heterocycles. The molecule has 8 heteroatoms. The molecule has 0 fully saturated rings. The van der Waals surface area contributed by atoms with E-state index in [0.717, 1.165) is 30.1 Å². The second-order valence-electron chi connectivity index (χ2n) is 5.61. The molecule has 0 unspecified atom stereocenters. The Bertz CT molecular complexity index is 774. The van der Waals surface area contributed by atoms with Crippen LogP contribution in [0.3, 0.4) is 0 Å². The lowest BCUT2D eigenvalue weighted by Gasteiger charge is -2.14. The third kappa shape index (κ3) is 3.43. The molecule has 126 valence electrons. The van der Waals surface area contributed by atoms with Crippen molar-refractivity contribution in [3.63, 3.8) is 0 Å². The molecule has 0 aliphatic carbocycles. The fraction of sp³-hybridized carbons (Fsp3) is 0.375. The summed E-state index contributed by atoms with van der Waals surface area (Å²) in [4.78, 5) is 25.2. The minimum atomic E-state index is -0.693. The molecule has 1 aromatic carbocycles. The highest BCUT2D eigenvalue weighted by Gasteiger charge is 2.24. The van der Waals surface area contributed by atoms with Gasteiger partial charge in [0.1, 0.15) is 5.82 Å². The van der Waals surface area contributed by atoms with Crippen LogP contribution in [0, 0.1) is 0 Å². The van der Waals surface area contributed by atoms with Crippen LogP contribution in [0.25, 0.3) is 0 Å². The van der Waals surface area contributed by atoms with Crippen LogP contribution in [0.1, 0.15) is 31.0 Å². The predicted molar refractivity (Wildman–Crippen MR) is 91.8 cm³/mol. The first-order chi connectivity index (χ1) is 11.6. The number of hydrogen-bond acceptors (Lipinski definition) is 5. The molecule has 1 aliphatic heterocycles. The number of nitrogens with one attached hydrogen (secondary N) is 2. The maximum Gasteiger partial charge on any atom is 0.313 e. The number of benzene rings is 1. The normalized spacial score (nSPS) is 14.1. The van der Waals surface area contributed by atoms with E-state index in [1.165, 1.54) is 0 Å². The topological polar surface area (TPSA) is 88.9 Å². The summed E-state index contributed by atoms with van der Waals surface area (Å²) in [6, 6.07) is 6.97. The first-order valence-corrected chi connectivity index (χ1v) is 8.99. The van der Waals surface area contributed by atoms with E-state index >= 15 is 0 Å². The van der Waals surface area contributed by atoms with Crippen molar-refractivity contribution in [1.29, 1.82) is 0 Å². The zero-order chi connectivity index (χ0) is 17.1. The Balaban J connectivity index is 1.62. The molecule has 2 amide bonds. The molecule has 1 atom stereocenters. The second kappa shape index (κ2) is 7.04. The fourth-order valence-electron chi connectivity index (χ4n) is 2.71. The lowest BCUT2D eigenvalue weighted by molar-refractivity contribution is -0.136. The molecule has 1 aliphatic rings. The Morgan fingerprint density at radius 3 is 2.92 bits per heavy atom. The van der Waals surface area contributed by atoms with Gasteiger partial charge in [0.05, 0.1) is 6.04 Å². The minimum absolute atomic E-state index is 0.375. The molecule has 0 saturated heterocycles. The number of fused-ring (bicyclic) bond motifs is 1. The van der Waals surface area contributed by atoms with Crippen LogP contribution >= 0.6 is 11.8 Å². The third-order valence-electron chi connectivity index (χ3n) is 3.91. The molecule has 7 nitrogen and oxygen atoms in total. The molecule has 0 saturated carbocycles. The largest absolute Gasteiger partial charge is 0.338 e. The van der Waals surface area contributed by atoms with Gasteiger partial charge in [-0.15, -0.1) is 22.0 Å². The molecule has 0 spiro atoms. The van der Waals surface area contributed by atoms with Gasteiger partial charge in [-0.25, -0.2) is 0 Å². The molecule has 3 rings (SSSR count). The average Bonchev–Trinajstić information content (AvgIpc) is 3.17. The fourth-order valence-corrected chi connectivity index (χ4v) is 3.17. The molecule has 0 bridgehead atoms. The maximum atomic E-state index is 12.1. The van der Waals surface area contributed by atoms with Gasteiger partial charge >= 0.3 is 11.8 Å². The number of amides is 2. The van der Waals surface area contributed by atoms with E-state index in [2.05, 4.69) is 20.8 Å². The number of carbonyl (C=O) groups is 2. The summed E-state index contributed by atoms with van der Waals surface area (Å²) in [5.41, 5.74) is 0.595. The van der Waals surface area contributed by atoms with E-state index in [0.29, 0.717) is 11.5 Å². The molecular weight excluding hydrogens is 326 g/mol. The standard InChI is InChI=1S/C16H19N5O2S/c1-10(14-20-19-13-7-4-8-21(13)14)17-15(22)16(23)18-11-5-3-6-12(9-11)24-2/h3,5-6,9-10H,4,7-8H2,1-2H3,(H,17,22)(H,18,23)/t10-/m0/s1. The van der Waals surface area contributed by atoms with Crippen LogP contribution in [0.2, 0.25) is 0 Å². The number of aromatic nitrogens is 3. The Morgan fingerprint density at radius 2 is 2.12 bits per heavy atom. The quantitative estimate of drug-likeness (QED) is 0.651. The van der Waals surface area contributed by atoms with Crippen LogP contribution < -0.4 is 10.6 Å².